The summed E-state index contributed by atoms with van der Waals surface area (Å²) in [4.78, 5) is 30.1. The number of rotatable bonds is 8. The number of aromatic nitrogens is 1. The van der Waals surface area contributed by atoms with Crippen LogP contribution in [0.3, 0.4) is 0 Å². The van der Waals surface area contributed by atoms with Crippen LogP contribution in [0.25, 0.3) is 0 Å². The zero-order valence-electron chi connectivity index (χ0n) is 13.9. The zero-order valence-corrected chi connectivity index (χ0v) is 15.4. The van der Waals surface area contributed by atoms with Crippen molar-refractivity contribution in [2.24, 2.45) is 0 Å². The van der Waals surface area contributed by atoms with Crippen molar-refractivity contribution in [3.63, 3.8) is 0 Å². The van der Waals surface area contributed by atoms with Gasteiger partial charge in [0.1, 0.15) is 6.26 Å². The SMILES string of the molecule is C=CCNC(=O)c1coc(CN(CC=C)C(=O)c2ccc(Cl)cc2Cl)n1. The lowest BCUT2D eigenvalue weighted by atomic mass is 10.2. The molecule has 8 heteroatoms. The van der Waals surface area contributed by atoms with E-state index in [1.807, 2.05) is 0 Å². The third kappa shape index (κ3) is 4.97. The number of carbonyl (C=O) groups is 2. The molecular weight excluding hydrogens is 377 g/mol. The van der Waals surface area contributed by atoms with E-state index in [4.69, 9.17) is 27.6 Å². The van der Waals surface area contributed by atoms with Crippen LogP contribution in [-0.4, -0.2) is 34.8 Å². The van der Waals surface area contributed by atoms with Gasteiger partial charge in [0.15, 0.2) is 5.69 Å². The first-order chi connectivity index (χ1) is 12.5. The predicted octanol–water partition coefficient (Wildman–Crippen LogP) is 3.73. The van der Waals surface area contributed by atoms with Gasteiger partial charge in [-0.2, -0.15) is 0 Å². The van der Waals surface area contributed by atoms with Crippen molar-refractivity contribution in [1.29, 1.82) is 0 Å². The highest BCUT2D eigenvalue weighted by atomic mass is 35.5. The van der Waals surface area contributed by atoms with Gasteiger partial charge in [-0.25, -0.2) is 4.98 Å². The number of hydrogen-bond acceptors (Lipinski definition) is 4. The molecule has 0 aliphatic heterocycles. The van der Waals surface area contributed by atoms with E-state index in [2.05, 4.69) is 23.5 Å². The van der Waals surface area contributed by atoms with Gasteiger partial charge in [-0.05, 0) is 18.2 Å². The van der Waals surface area contributed by atoms with Crippen molar-refractivity contribution in [1.82, 2.24) is 15.2 Å². The minimum atomic E-state index is -0.387. The Morgan fingerprint density at radius 3 is 2.69 bits per heavy atom. The van der Waals surface area contributed by atoms with Crippen molar-refractivity contribution in [3.8, 4) is 0 Å². The molecule has 0 aliphatic rings. The molecule has 6 nitrogen and oxygen atoms in total. The summed E-state index contributed by atoms with van der Waals surface area (Å²) < 4.78 is 5.30. The molecule has 2 amide bonds. The van der Waals surface area contributed by atoms with Crippen LogP contribution in [0.1, 0.15) is 26.7 Å². The van der Waals surface area contributed by atoms with Gasteiger partial charge in [0, 0.05) is 18.1 Å². The van der Waals surface area contributed by atoms with E-state index in [9.17, 15) is 9.59 Å². The normalized spacial score (nSPS) is 10.2. The number of amides is 2. The topological polar surface area (TPSA) is 75.4 Å². The maximum absolute atomic E-state index is 12.7. The molecule has 0 bridgehead atoms. The Kier molecular flexibility index (Phi) is 7.00. The van der Waals surface area contributed by atoms with Gasteiger partial charge in [-0.3, -0.25) is 9.59 Å². The molecule has 0 atom stereocenters. The third-order valence-electron chi connectivity index (χ3n) is 3.32. The largest absolute Gasteiger partial charge is 0.446 e. The van der Waals surface area contributed by atoms with Gasteiger partial charge in [0.25, 0.3) is 11.8 Å². The molecule has 1 aromatic carbocycles. The summed E-state index contributed by atoms with van der Waals surface area (Å²) in [7, 11) is 0. The first-order valence-corrected chi connectivity index (χ1v) is 8.40. The summed E-state index contributed by atoms with van der Waals surface area (Å²) >= 11 is 12.0. The van der Waals surface area contributed by atoms with E-state index in [0.29, 0.717) is 17.1 Å². The van der Waals surface area contributed by atoms with Crippen molar-refractivity contribution in [2.45, 2.75) is 6.54 Å². The zero-order chi connectivity index (χ0) is 19.1. The molecule has 0 radical (unpaired) electrons. The van der Waals surface area contributed by atoms with Crippen LogP contribution in [-0.2, 0) is 6.54 Å². The van der Waals surface area contributed by atoms with E-state index in [0.717, 1.165) is 0 Å². The van der Waals surface area contributed by atoms with Crippen LogP contribution < -0.4 is 5.32 Å². The fourth-order valence-electron chi connectivity index (χ4n) is 2.11. The second-order valence-electron chi connectivity index (χ2n) is 5.22. The molecule has 136 valence electrons. The first-order valence-electron chi connectivity index (χ1n) is 7.65. The molecular formula is C18H17Cl2N3O3. The van der Waals surface area contributed by atoms with Crippen LogP contribution in [0.15, 0.2) is 54.2 Å². The van der Waals surface area contributed by atoms with Crippen LogP contribution >= 0.6 is 23.2 Å². The summed E-state index contributed by atoms with van der Waals surface area (Å²) in [6.45, 7) is 7.79. The van der Waals surface area contributed by atoms with Crippen molar-refractivity contribution < 1.29 is 14.0 Å². The number of carbonyl (C=O) groups excluding carboxylic acids is 2. The molecule has 1 N–H and O–H groups in total. The van der Waals surface area contributed by atoms with Crippen LogP contribution in [0.5, 0.6) is 0 Å². The highest BCUT2D eigenvalue weighted by molar-refractivity contribution is 6.36. The molecule has 26 heavy (non-hydrogen) atoms. The highest BCUT2D eigenvalue weighted by Crippen LogP contribution is 2.23. The van der Waals surface area contributed by atoms with Gasteiger partial charge in [-0.15, -0.1) is 13.2 Å². The lowest BCUT2D eigenvalue weighted by molar-refractivity contribution is 0.0749. The number of nitrogens with one attached hydrogen (secondary N) is 1. The Morgan fingerprint density at radius 2 is 2.04 bits per heavy atom. The van der Waals surface area contributed by atoms with Gasteiger partial charge in [0.05, 0.1) is 17.1 Å². The Balaban J connectivity index is 2.16. The summed E-state index contributed by atoms with van der Waals surface area (Å²) in [6, 6.07) is 4.63. The fourth-order valence-corrected chi connectivity index (χ4v) is 2.60. The molecule has 2 aromatic rings. The van der Waals surface area contributed by atoms with Gasteiger partial charge < -0.3 is 14.6 Å². The van der Waals surface area contributed by atoms with E-state index < -0.39 is 0 Å². The van der Waals surface area contributed by atoms with Crippen molar-refractivity contribution in [2.75, 3.05) is 13.1 Å². The lowest BCUT2D eigenvalue weighted by Gasteiger charge is -2.20. The van der Waals surface area contributed by atoms with E-state index in [1.165, 1.54) is 17.2 Å². The number of oxazole rings is 1. The van der Waals surface area contributed by atoms with Crippen LogP contribution in [0.4, 0.5) is 0 Å². The van der Waals surface area contributed by atoms with Crippen LogP contribution in [0.2, 0.25) is 10.0 Å². The number of hydrogen-bond donors (Lipinski definition) is 1. The van der Waals surface area contributed by atoms with Gasteiger partial charge in [-0.1, -0.05) is 35.4 Å². The molecule has 1 aromatic heterocycles. The predicted molar refractivity (Wildman–Crippen MR) is 100 cm³/mol. The monoisotopic (exact) mass is 393 g/mol. The number of benzene rings is 1. The summed E-state index contributed by atoms with van der Waals surface area (Å²) in [5, 5.41) is 3.27. The third-order valence-corrected chi connectivity index (χ3v) is 3.86. The minimum Gasteiger partial charge on any atom is -0.446 e. The number of halogens is 2. The molecule has 1 heterocycles. The second kappa shape index (κ2) is 9.22. The molecule has 0 fully saturated rings. The Bertz CT molecular complexity index is 833. The molecule has 2 rings (SSSR count). The van der Waals surface area contributed by atoms with Gasteiger partial charge in [0.2, 0.25) is 5.89 Å². The Labute approximate surface area is 161 Å². The number of nitrogens with zero attached hydrogens (tertiary/aromatic N) is 2. The average Bonchev–Trinajstić information content (AvgIpc) is 3.07. The molecule has 0 saturated carbocycles. The highest BCUT2D eigenvalue weighted by Gasteiger charge is 2.21. The standard InChI is InChI=1S/C18H17Cl2N3O3/c1-3-7-21-17(24)15-11-26-16(22-15)10-23(8-4-2)18(25)13-6-5-12(19)9-14(13)20/h3-6,9,11H,1-2,7-8,10H2,(H,21,24). The van der Waals surface area contributed by atoms with E-state index >= 15 is 0 Å². The molecule has 0 aliphatic carbocycles. The minimum absolute atomic E-state index is 0.0541. The summed E-state index contributed by atoms with van der Waals surface area (Å²) in [5.74, 6) is -0.501. The quantitative estimate of drug-likeness (QED) is 0.693. The molecule has 0 saturated heterocycles. The smallest absolute Gasteiger partial charge is 0.273 e. The summed E-state index contributed by atoms with van der Waals surface area (Å²) in [5.41, 5.74) is 0.422. The van der Waals surface area contributed by atoms with Crippen molar-refractivity contribution >= 4 is 35.0 Å². The van der Waals surface area contributed by atoms with E-state index in [-0.39, 0.29) is 41.5 Å². The average molecular weight is 394 g/mol. The Hall–Kier alpha value is -2.57. The Morgan fingerprint density at radius 1 is 1.27 bits per heavy atom. The van der Waals surface area contributed by atoms with Crippen molar-refractivity contribution in [3.05, 3.63) is 77.0 Å². The second-order valence-corrected chi connectivity index (χ2v) is 6.07. The van der Waals surface area contributed by atoms with Crippen LogP contribution in [0, 0.1) is 0 Å². The molecule has 0 spiro atoms. The van der Waals surface area contributed by atoms with Gasteiger partial charge >= 0.3 is 0 Å². The fraction of sp³-hybridized carbons (Fsp3) is 0.167. The molecule has 0 unspecified atom stereocenters. The summed E-state index contributed by atoms with van der Waals surface area (Å²) in [6.07, 6.45) is 4.36. The maximum Gasteiger partial charge on any atom is 0.273 e. The maximum atomic E-state index is 12.7. The first kappa shape index (κ1) is 19.8. The lowest BCUT2D eigenvalue weighted by Crippen LogP contribution is -2.31. The van der Waals surface area contributed by atoms with E-state index in [1.54, 1.807) is 24.3 Å².